The molecule has 0 saturated heterocycles. The molecule has 2 amide bonds. The van der Waals surface area contributed by atoms with Crippen molar-refractivity contribution in [3.8, 4) is 5.75 Å². The van der Waals surface area contributed by atoms with Gasteiger partial charge in [0, 0.05) is 12.1 Å². The standard InChI is InChI=1S/C20H19N3O7/c1-20(2)19(26)21-15-5-3-4-6-16(15)22(20)17(24)11-30-18(25)12-29-14-9-7-13(8-10-14)23(27)28/h3-10H,11-12H2,1-2H3,(H,21,26). The number of amides is 2. The molecule has 0 fully saturated rings. The van der Waals surface area contributed by atoms with Crippen LogP contribution in [-0.4, -0.2) is 41.5 Å². The third-order valence-corrected chi connectivity index (χ3v) is 4.52. The molecule has 1 heterocycles. The van der Waals surface area contributed by atoms with Crippen LogP contribution >= 0.6 is 0 Å². The molecule has 0 saturated carbocycles. The monoisotopic (exact) mass is 413 g/mol. The zero-order valence-corrected chi connectivity index (χ0v) is 16.3. The molecule has 0 unspecified atom stereocenters. The second kappa shape index (κ2) is 8.19. The fourth-order valence-electron chi connectivity index (χ4n) is 2.95. The maximum absolute atomic E-state index is 12.8. The number of hydrogen-bond donors (Lipinski definition) is 1. The van der Waals surface area contributed by atoms with Crippen LogP contribution in [0.5, 0.6) is 5.75 Å². The summed E-state index contributed by atoms with van der Waals surface area (Å²) >= 11 is 0. The maximum atomic E-state index is 12.8. The Morgan fingerprint density at radius 1 is 1.10 bits per heavy atom. The number of para-hydroxylation sites is 2. The molecule has 10 nitrogen and oxygen atoms in total. The summed E-state index contributed by atoms with van der Waals surface area (Å²) in [5.74, 6) is -1.48. The van der Waals surface area contributed by atoms with Gasteiger partial charge in [-0.15, -0.1) is 0 Å². The highest BCUT2D eigenvalue weighted by atomic mass is 16.6. The minimum absolute atomic E-state index is 0.107. The fraction of sp³-hybridized carbons (Fsp3) is 0.250. The van der Waals surface area contributed by atoms with Crippen LogP contribution in [0.25, 0.3) is 0 Å². The van der Waals surface area contributed by atoms with Gasteiger partial charge in [-0.3, -0.25) is 24.6 Å². The van der Waals surface area contributed by atoms with Gasteiger partial charge in [0.05, 0.1) is 16.3 Å². The van der Waals surface area contributed by atoms with Gasteiger partial charge in [0.2, 0.25) is 5.91 Å². The molecule has 0 atom stereocenters. The molecule has 0 aliphatic carbocycles. The average Bonchev–Trinajstić information content (AvgIpc) is 2.71. The van der Waals surface area contributed by atoms with E-state index in [0.717, 1.165) is 0 Å². The Bertz CT molecular complexity index is 1000. The quantitative estimate of drug-likeness (QED) is 0.437. The normalized spacial score (nSPS) is 14.3. The fourth-order valence-corrected chi connectivity index (χ4v) is 2.95. The van der Waals surface area contributed by atoms with E-state index in [1.165, 1.54) is 29.2 Å². The van der Waals surface area contributed by atoms with Crippen LogP contribution < -0.4 is 15.0 Å². The number of nitrogens with zero attached hydrogens (tertiary/aromatic N) is 2. The first-order valence-electron chi connectivity index (χ1n) is 8.96. The average molecular weight is 413 g/mol. The number of esters is 1. The van der Waals surface area contributed by atoms with E-state index >= 15 is 0 Å². The summed E-state index contributed by atoms with van der Waals surface area (Å²) in [6.07, 6.45) is 0. The van der Waals surface area contributed by atoms with E-state index in [9.17, 15) is 24.5 Å². The first-order chi connectivity index (χ1) is 14.2. The number of carbonyl (C=O) groups excluding carboxylic acids is 3. The SMILES string of the molecule is CC1(C)C(=O)Nc2ccccc2N1C(=O)COC(=O)COc1ccc([N+](=O)[O-])cc1. The molecule has 2 aromatic carbocycles. The van der Waals surface area contributed by atoms with Crippen LogP contribution in [0, 0.1) is 10.1 Å². The van der Waals surface area contributed by atoms with E-state index in [0.29, 0.717) is 11.4 Å². The summed E-state index contributed by atoms with van der Waals surface area (Å²) in [5, 5.41) is 13.4. The molecule has 2 aromatic rings. The van der Waals surface area contributed by atoms with Crippen molar-refractivity contribution >= 4 is 34.8 Å². The first kappa shape index (κ1) is 20.8. The van der Waals surface area contributed by atoms with Crippen molar-refractivity contribution in [2.45, 2.75) is 19.4 Å². The van der Waals surface area contributed by atoms with Crippen LogP contribution in [0.15, 0.2) is 48.5 Å². The van der Waals surface area contributed by atoms with Crippen molar-refractivity contribution in [3.05, 3.63) is 58.6 Å². The number of hydrogen-bond acceptors (Lipinski definition) is 7. The topological polar surface area (TPSA) is 128 Å². The Hall–Kier alpha value is -3.95. The number of nitro groups is 1. The van der Waals surface area contributed by atoms with Crippen LogP contribution in [0.4, 0.5) is 17.1 Å². The smallest absolute Gasteiger partial charge is 0.344 e. The van der Waals surface area contributed by atoms with Crippen molar-refractivity contribution in [1.29, 1.82) is 0 Å². The van der Waals surface area contributed by atoms with Crippen molar-refractivity contribution < 1.29 is 28.8 Å². The molecular weight excluding hydrogens is 394 g/mol. The van der Waals surface area contributed by atoms with Crippen LogP contribution in [-0.2, 0) is 19.1 Å². The number of anilines is 2. The molecule has 30 heavy (non-hydrogen) atoms. The second-order valence-corrected chi connectivity index (χ2v) is 6.96. The van der Waals surface area contributed by atoms with Gasteiger partial charge >= 0.3 is 5.97 Å². The van der Waals surface area contributed by atoms with Gasteiger partial charge in [-0.05, 0) is 38.1 Å². The molecule has 1 N–H and O–H groups in total. The first-order valence-corrected chi connectivity index (χ1v) is 8.96. The molecule has 156 valence electrons. The number of nitrogens with one attached hydrogen (secondary N) is 1. The van der Waals surface area contributed by atoms with Gasteiger partial charge < -0.3 is 14.8 Å². The van der Waals surface area contributed by atoms with E-state index in [1.54, 1.807) is 38.1 Å². The number of ether oxygens (including phenoxy) is 2. The zero-order valence-electron chi connectivity index (χ0n) is 16.3. The number of rotatable bonds is 6. The summed E-state index contributed by atoms with van der Waals surface area (Å²) in [6.45, 7) is 2.13. The van der Waals surface area contributed by atoms with E-state index in [4.69, 9.17) is 9.47 Å². The predicted molar refractivity (Wildman–Crippen MR) is 106 cm³/mol. The number of fused-ring (bicyclic) bond motifs is 1. The summed E-state index contributed by atoms with van der Waals surface area (Å²) in [6, 6.07) is 12.0. The number of nitro benzene ring substituents is 1. The molecule has 0 aromatic heterocycles. The molecular formula is C20H19N3O7. The predicted octanol–water partition coefficient (Wildman–Crippen LogP) is 2.28. The van der Waals surface area contributed by atoms with Gasteiger partial charge in [-0.2, -0.15) is 0 Å². The van der Waals surface area contributed by atoms with Gasteiger partial charge in [-0.1, -0.05) is 12.1 Å². The molecule has 0 radical (unpaired) electrons. The molecule has 3 rings (SSSR count). The van der Waals surface area contributed by atoms with Crippen molar-refractivity contribution in [2.24, 2.45) is 0 Å². The maximum Gasteiger partial charge on any atom is 0.344 e. The lowest BCUT2D eigenvalue weighted by molar-refractivity contribution is -0.384. The number of non-ortho nitro benzene ring substituents is 1. The molecule has 0 bridgehead atoms. The van der Waals surface area contributed by atoms with Gasteiger partial charge in [0.1, 0.15) is 11.3 Å². The lowest BCUT2D eigenvalue weighted by Gasteiger charge is -2.41. The van der Waals surface area contributed by atoms with E-state index < -0.39 is 35.6 Å². The van der Waals surface area contributed by atoms with Crippen LogP contribution in [0.2, 0.25) is 0 Å². The highest BCUT2D eigenvalue weighted by Crippen LogP contribution is 2.36. The third-order valence-electron chi connectivity index (χ3n) is 4.52. The molecule has 10 heteroatoms. The highest BCUT2D eigenvalue weighted by molar-refractivity contribution is 6.14. The van der Waals surface area contributed by atoms with E-state index in [1.807, 2.05) is 0 Å². The third kappa shape index (κ3) is 4.22. The van der Waals surface area contributed by atoms with Gasteiger partial charge in [0.15, 0.2) is 13.2 Å². The molecule has 0 spiro atoms. The Kier molecular flexibility index (Phi) is 5.67. The molecule has 1 aliphatic rings. The lowest BCUT2D eigenvalue weighted by atomic mass is 9.96. The highest BCUT2D eigenvalue weighted by Gasteiger charge is 2.43. The summed E-state index contributed by atoms with van der Waals surface area (Å²) in [7, 11) is 0. The van der Waals surface area contributed by atoms with Crippen molar-refractivity contribution in [1.82, 2.24) is 0 Å². The largest absolute Gasteiger partial charge is 0.482 e. The molecule has 1 aliphatic heterocycles. The Morgan fingerprint density at radius 3 is 2.43 bits per heavy atom. The van der Waals surface area contributed by atoms with Crippen LogP contribution in [0.3, 0.4) is 0 Å². The van der Waals surface area contributed by atoms with E-state index in [2.05, 4.69) is 5.32 Å². The minimum atomic E-state index is -1.17. The zero-order chi connectivity index (χ0) is 21.9. The Labute approximate surface area is 171 Å². The van der Waals surface area contributed by atoms with Crippen molar-refractivity contribution in [2.75, 3.05) is 23.4 Å². The van der Waals surface area contributed by atoms with Crippen molar-refractivity contribution in [3.63, 3.8) is 0 Å². The van der Waals surface area contributed by atoms with Gasteiger partial charge in [0.25, 0.3) is 11.6 Å². The minimum Gasteiger partial charge on any atom is -0.482 e. The Balaban J connectivity index is 1.60. The van der Waals surface area contributed by atoms with Crippen LogP contribution in [0.1, 0.15) is 13.8 Å². The Morgan fingerprint density at radius 2 is 1.77 bits per heavy atom. The number of benzene rings is 2. The van der Waals surface area contributed by atoms with Gasteiger partial charge in [-0.25, -0.2) is 4.79 Å². The summed E-state index contributed by atoms with van der Waals surface area (Å²) in [5.41, 5.74) is -0.287. The number of carbonyl (C=O) groups is 3. The lowest BCUT2D eigenvalue weighted by Crippen LogP contribution is -2.59. The van der Waals surface area contributed by atoms with E-state index in [-0.39, 0.29) is 17.3 Å². The summed E-state index contributed by atoms with van der Waals surface area (Å²) < 4.78 is 10.2. The second-order valence-electron chi connectivity index (χ2n) is 6.96. The summed E-state index contributed by atoms with van der Waals surface area (Å²) in [4.78, 5) is 48.5.